The number of nitrogens with zero attached hydrogens (tertiary/aromatic N) is 1. The van der Waals surface area contributed by atoms with Crippen LogP contribution in [0, 0.1) is 42.4 Å². The van der Waals surface area contributed by atoms with Gasteiger partial charge in [-0.05, 0) is 91.1 Å². The van der Waals surface area contributed by atoms with Gasteiger partial charge in [0.1, 0.15) is 11.5 Å². The molecule has 0 aromatic heterocycles. The Morgan fingerprint density at radius 2 is 1.54 bits per heavy atom. The molecule has 0 radical (unpaired) electrons. The van der Waals surface area contributed by atoms with Crippen LogP contribution in [-0.4, -0.2) is 17.7 Å². The molecule has 6 nitrogen and oxygen atoms in total. The van der Waals surface area contributed by atoms with Gasteiger partial charge in [-0.3, -0.25) is 14.4 Å². The summed E-state index contributed by atoms with van der Waals surface area (Å²) in [6.45, 7) is 1.98. The van der Waals surface area contributed by atoms with Crippen LogP contribution in [0.15, 0.2) is 84.9 Å². The lowest BCUT2D eigenvalue weighted by atomic mass is 9.63. The second-order valence-corrected chi connectivity index (χ2v) is 10.6. The number of allylic oxidation sites excluding steroid dienone is 2. The first-order valence-corrected chi connectivity index (χ1v) is 12.8. The van der Waals surface area contributed by atoms with E-state index in [1.165, 1.54) is 4.90 Å². The van der Waals surface area contributed by atoms with Gasteiger partial charge in [-0.15, -0.1) is 0 Å². The molecule has 1 heterocycles. The number of hydrogen-bond donors (Lipinski definition) is 1. The standard InChI is InChI=1S/C31H26N2O4/c1-17-5-2-3-8-26(17)37-21-11-9-19(10-12-21)32-29(34)18-6-4-7-20(15-18)33-30(35)27-22-13-14-23(25-16-24(22)25)28(27)31(33)36/h2-15,22-25,27-28H,16H2,1H3,(H,32,34)/t22-,23+,24-,25-,27+,28-/m1/s1. The summed E-state index contributed by atoms with van der Waals surface area (Å²) >= 11 is 0. The number of carbonyl (C=O) groups is 3. The van der Waals surface area contributed by atoms with E-state index in [0.717, 1.165) is 17.7 Å². The maximum Gasteiger partial charge on any atom is 0.255 e. The minimum Gasteiger partial charge on any atom is -0.457 e. The quantitative estimate of drug-likeness (QED) is 0.373. The second-order valence-electron chi connectivity index (χ2n) is 10.6. The van der Waals surface area contributed by atoms with E-state index in [1.807, 2.05) is 31.2 Å². The number of rotatable bonds is 5. The highest BCUT2D eigenvalue weighted by Crippen LogP contribution is 2.65. The second kappa shape index (κ2) is 8.17. The molecule has 2 saturated carbocycles. The lowest BCUT2D eigenvalue weighted by Crippen LogP contribution is -2.40. The smallest absolute Gasteiger partial charge is 0.255 e. The largest absolute Gasteiger partial charge is 0.457 e. The van der Waals surface area contributed by atoms with Crippen molar-refractivity contribution in [1.82, 2.24) is 0 Å². The van der Waals surface area contributed by atoms with E-state index in [2.05, 4.69) is 17.5 Å². The Morgan fingerprint density at radius 3 is 2.22 bits per heavy atom. The van der Waals surface area contributed by atoms with E-state index in [-0.39, 0.29) is 41.4 Å². The summed E-state index contributed by atoms with van der Waals surface area (Å²) in [5.41, 5.74) is 2.51. The van der Waals surface area contributed by atoms with Gasteiger partial charge in [0.25, 0.3) is 5.91 Å². The Balaban J connectivity index is 1.07. The summed E-state index contributed by atoms with van der Waals surface area (Å²) in [5, 5.41) is 2.89. The van der Waals surface area contributed by atoms with Crippen LogP contribution < -0.4 is 15.0 Å². The Kier molecular flexibility index (Phi) is 4.86. The van der Waals surface area contributed by atoms with E-state index < -0.39 is 0 Å². The number of benzene rings is 3. The van der Waals surface area contributed by atoms with Crippen molar-refractivity contribution >= 4 is 29.1 Å². The van der Waals surface area contributed by atoms with Crippen LogP contribution in [0.2, 0.25) is 0 Å². The third-order valence-corrected chi connectivity index (χ3v) is 8.46. The van der Waals surface area contributed by atoms with E-state index >= 15 is 0 Å². The molecule has 3 amide bonds. The van der Waals surface area contributed by atoms with Crippen LogP contribution in [0.4, 0.5) is 11.4 Å². The van der Waals surface area contributed by atoms with Crippen LogP contribution in [0.1, 0.15) is 22.3 Å². The predicted molar refractivity (Wildman–Crippen MR) is 139 cm³/mol. The normalized spacial score (nSPS) is 28.6. The summed E-state index contributed by atoms with van der Waals surface area (Å²) in [6.07, 6.45) is 5.45. The zero-order valence-corrected chi connectivity index (χ0v) is 20.3. The lowest BCUT2D eigenvalue weighted by Gasteiger charge is -2.37. The number of anilines is 2. The molecule has 1 N–H and O–H groups in total. The van der Waals surface area contributed by atoms with Gasteiger partial charge in [0.05, 0.1) is 17.5 Å². The number of hydrogen-bond acceptors (Lipinski definition) is 4. The van der Waals surface area contributed by atoms with Crippen LogP contribution in [0.5, 0.6) is 11.5 Å². The minimum absolute atomic E-state index is 0.124. The Morgan fingerprint density at radius 1 is 0.865 bits per heavy atom. The highest BCUT2D eigenvalue weighted by atomic mass is 16.5. The molecule has 37 heavy (non-hydrogen) atoms. The molecule has 3 fully saturated rings. The molecule has 6 heteroatoms. The first-order valence-electron chi connectivity index (χ1n) is 12.8. The monoisotopic (exact) mass is 490 g/mol. The first kappa shape index (κ1) is 22.0. The van der Waals surface area contributed by atoms with Gasteiger partial charge in [-0.2, -0.15) is 0 Å². The van der Waals surface area contributed by atoms with Crippen molar-refractivity contribution in [3.05, 3.63) is 96.1 Å². The summed E-state index contributed by atoms with van der Waals surface area (Å²) in [4.78, 5) is 41.2. The third kappa shape index (κ3) is 3.50. The highest BCUT2D eigenvalue weighted by molar-refractivity contribution is 6.23. The van der Waals surface area contributed by atoms with E-state index in [4.69, 9.17) is 4.74 Å². The highest BCUT2D eigenvalue weighted by Gasteiger charge is 2.67. The van der Waals surface area contributed by atoms with Crippen LogP contribution in [0.25, 0.3) is 0 Å². The third-order valence-electron chi connectivity index (χ3n) is 8.46. The average molecular weight is 491 g/mol. The first-order chi connectivity index (χ1) is 18.0. The van der Waals surface area contributed by atoms with Crippen molar-refractivity contribution in [3.63, 3.8) is 0 Å². The molecule has 2 bridgehead atoms. The average Bonchev–Trinajstić information content (AvgIpc) is 3.69. The number of nitrogens with one attached hydrogen (secondary N) is 1. The summed E-state index contributed by atoms with van der Waals surface area (Å²) < 4.78 is 5.93. The van der Waals surface area contributed by atoms with Gasteiger partial charge < -0.3 is 10.1 Å². The molecular weight excluding hydrogens is 464 g/mol. The van der Waals surface area contributed by atoms with Crippen molar-refractivity contribution < 1.29 is 19.1 Å². The Labute approximate surface area is 214 Å². The number of imide groups is 1. The number of amides is 3. The molecule has 0 spiro atoms. The fourth-order valence-electron chi connectivity index (χ4n) is 6.61. The molecule has 6 atom stereocenters. The Hall–Kier alpha value is -4.19. The van der Waals surface area contributed by atoms with Gasteiger partial charge in [0.15, 0.2) is 0 Å². The van der Waals surface area contributed by atoms with Crippen LogP contribution in [0.3, 0.4) is 0 Å². The number of carbonyl (C=O) groups excluding carboxylic acids is 3. The van der Waals surface area contributed by atoms with Crippen molar-refractivity contribution in [2.75, 3.05) is 10.2 Å². The van der Waals surface area contributed by atoms with Crippen molar-refractivity contribution in [3.8, 4) is 11.5 Å². The zero-order valence-electron chi connectivity index (χ0n) is 20.3. The SMILES string of the molecule is Cc1ccccc1Oc1ccc(NC(=O)c2cccc(N3C(=O)[C@@H]4[C@H]5C=C[C@H]([C@H]6C[C@H]56)[C@@H]4C3=O)c2)cc1. The van der Waals surface area contributed by atoms with Gasteiger partial charge >= 0.3 is 0 Å². The van der Waals surface area contributed by atoms with Crippen molar-refractivity contribution in [2.24, 2.45) is 35.5 Å². The van der Waals surface area contributed by atoms with Crippen molar-refractivity contribution in [1.29, 1.82) is 0 Å². The van der Waals surface area contributed by atoms with Gasteiger partial charge in [0, 0.05) is 11.3 Å². The van der Waals surface area contributed by atoms with Crippen molar-refractivity contribution in [2.45, 2.75) is 13.3 Å². The number of aryl methyl sites for hydroxylation is 1. The minimum atomic E-state index is -0.311. The molecule has 5 aliphatic rings. The number of para-hydroxylation sites is 1. The van der Waals surface area contributed by atoms with E-state index in [1.54, 1.807) is 48.5 Å². The maximum atomic E-state index is 13.4. The summed E-state index contributed by atoms with van der Waals surface area (Å²) in [5.74, 6) is 1.82. The molecule has 1 aliphatic heterocycles. The van der Waals surface area contributed by atoms with E-state index in [9.17, 15) is 14.4 Å². The van der Waals surface area contributed by atoms with Gasteiger partial charge in [0.2, 0.25) is 11.8 Å². The molecule has 4 aliphatic carbocycles. The predicted octanol–water partition coefficient (Wildman–Crippen LogP) is 5.60. The fraction of sp³-hybridized carbons (Fsp3) is 0.258. The molecule has 8 rings (SSSR count). The van der Waals surface area contributed by atoms with Crippen LogP contribution in [-0.2, 0) is 9.59 Å². The van der Waals surface area contributed by atoms with Crippen LogP contribution >= 0.6 is 0 Å². The van der Waals surface area contributed by atoms with E-state index in [0.29, 0.717) is 34.5 Å². The maximum absolute atomic E-state index is 13.4. The molecule has 184 valence electrons. The summed E-state index contributed by atoms with van der Waals surface area (Å²) in [7, 11) is 0. The lowest BCUT2D eigenvalue weighted by molar-refractivity contribution is -0.124. The zero-order chi connectivity index (χ0) is 25.3. The topological polar surface area (TPSA) is 75.7 Å². The summed E-state index contributed by atoms with van der Waals surface area (Å²) in [6, 6.07) is 21.7. The van der Waals surface area contributed by atoms with Gasteiger partial charge in [-0.1, -0.05) is 36.4 Å². The molecule has 3 aromatic carbocycles. The molecule has 0 unspecified atom stereocenters. The number of ether oxygens (including phenoxy) is 1. The fourth-order valence-corrected chi connectivity index (χ4v) is 6.61. The Bertz CT molecular complexity index is 1440. The molecule has 1 saturated heterocycles. The van der Waals surface area contributed by atoms with Gasteiger partial charge in [-0.25, -0.2) is 4.90 Å². The molecular formula is C31H26N2O4. The molecule has 3 aromatic rings.